The summed E-state index contributed by atoms with van der Waals surface area (Å²) in [6, 6.07) is -0.319. The monoisotopic (exact) mass is 220 g/mol. The molecule has 7 heteroatoms. The molecule has 0 radical (unpaired) electrons. The number of nitrogens with one attached hydrogen (secondary N) is 2. The second-order valence-corrected chi connectivity index (χ2v) is 3.38. The first-order valence-corrected chi connectivity index (χ1v) is 4.69. The summed E-state index contributed by atoms with van der Waals surface area (Å²) in [5.74, 6) is 0. The number of aryl methyl sites for hydroxylation is 2. The van der Waals surface area contributed by atoms with E-state index >= 15 is 0 Å². The van der Waals surface area contributed by atoms with Crippen molar-refractivity contribution in [3.63, 3.8) is 0 Å². The third kappa shape index (κ3) is 2.38. The number of rotatable bonds is 2. The molecule has 7 nitrogen and oxygen atoms in total. The van der Waals surface area contributed by atoms with Crippen molar-refractivity contribution < 1.29 is 4.79 Å². The fourth-order valence-corrected chi connectivity index (χ4v) is 1.26. The van der Waals surface area contributed by atoms with Crippen molar-refractivity contribution in [3.05, 3.63) is 24.8 Å². The molecule has 84 valence electrons. The molecule has 2 aromatic rings. The number of carbonyl (C=O) groups excluding carboxylic acids is 1. The van der Waals surface area contributed by atoms with Crippen LogP contribution in [0.4, 0.5) is 16.2 Å². The minimum absolute atomic E-state index is 0.319. The molecule has 0 fully saturated rings. The van der Waals surface area contributed by atoms with Crippen LogP contribution in [0.5, 0.6) is 0 Å². The Morgan fingerprint density at radius 3 is 1.81 bits per heavy atom. The molecule has 2 rings (SSSR count). The van der Waals surface area contributed by atoms with Crippen molar-refractivity contribution in [2.75, 3.05) is 10.6 Å². The van der Waals surface area contributed by atoms with E-state index in [2.05, 4.69) is 20.8 Å². The molecule has 2 amide bonds. The van der Waals surface area contributed by atoms with Gasteiger partial charge in [0.25, 0.3) is 0 Å². The lowest BCUT2D eigenvalue weighted by Crippen LogP contribution is -2.18. The molecule has 16 heavy (non-hydrogen) atoms. The van der Waals surface area contributed by atoms with Crippen LogP contribution in [0.2, 0.25) is 0 Å². The van der Waals surface area contributed by atoms with Crippen molar-refractivity contribution in [2.45, 2.75) is 0 Å². The summed E-state index contributed by atoms with van der Waals surface area (Å²) in [5.41, 5.74) is 1.28. The van der Waals surface area contributed by atoms with Crippen LogP contribution in [-0.2, 0) is 14.1 Å². The number of aromatic nitrogens is 4. The Labute approximate surface area is 92.1 Å². The van der Waals surface area contributed by atoms with Crippen LogP contribution in [0.3, 0.4) is 0 Å². The van der Waals surface area contributed by atoms with Gasteiger partial charge in [0.05, 0.1) is 23.8 Å². The number of hydrogen-bond donors (Lipinski definition) is 2. The van der Waals surface area contributed by atoms with Crippen molar-refractivity contribution in [1.29, 1.82) is 0 Å². The molecule has 0 saturated heterocycles. The van der Waals surface area contributed by atoms with Crippen LogP contribution in [0.25, 0.3) is 0 Å². The largest absolute Gasteiger partial charge is 0.323 e. The van der Waals surface area contributed by atoms with Gasteiger partial charge < -0.3 is 10.6 Å². The Morgan fingerprint density at radius 1 is 1.06 bits per heavy atom. The number of carbonyl (C=O) groups is 1. The Kier molecular flexibility index (Phi) is 2.59. The van der Waals surface area contributed by atoms with Crippen molar-refractivity contribution >= 4 is 17.4 Å². The van der Waals surface area contributed by atoms with E-state index in [1.165, 1.54) is 0 Å². The maximum absolute atomic E-state index is 11.5. The topological polar surface area (TPSA) is 76.8 Å². The van der Waals surface area contributed by atoms with Gasteiger partial charge in [-0.25, -0.2) is 4.79 Å². The SMILES string of the molecule is Cn1cc(NC(=O)Nc2cnn(C)c2)cn1. The number of urea groups is 1. The third-order valence-corrected chi connectivity index (χ3v) is 1.93. The van der Waals surface area contributed by atoms with Gasteiger partial charge in [0.1, 0.15) is 0 Å². The molecule has 0 atom stereocenters. The van der Waals surface area contributed by atoms with Gasteiger partial charge in [-0.3, -0.25) is 9.36 Å². The van der Waals surface area contributed by atoms with E-state index in [1.807, 2.05) is 0 Å². The minimum atomic E-state index is -0.319. The molecule has 0 bridgehead atoms. The van der Waals surface area contributed by atoms with E-state index in [9.17, 15) is 4.79 Å². The fourth-order valence-electron chi connectivity index (χ4n) is 1.26. The van der Waals surface area contributed by atoms with Gasteiger partial charge in [0.2, 0.25) is 0 Å². The van der Waals surface area contributed by atoms with Gasteiger partial charge in [-0.15, -0.1) is 0 Å². The fraction of sp³-hybridized carbons (Fsp3) is 0.222. The predicted octanol–water partition coefficient (Wildman–Crippen LogP) is 0.798. The van der Waals surface area contributed by atoms with Crippen LogP contribution < -0.4 is 10.6 Å². The average molecular weight is 220 g/mol. The lowest BCUT2D eigenvalue weighted by Gasteiger charge is -2.02. The summed E-state index contributed by atoms with van der Waals surface area (Å²) in [5, 5.41) is 13.2. The molecule has 2 N–H and O–H groups in total. The standard InChI is InChI=1S/C9H12N6O/c1-14-5-7(3-10-14)12-9(16)13-8-4-11-15(2)6-8/h3-6H,1-2H3,(H2,12,13,16). The summed E-state index contributed by atoms with van der Waals surface area (Å²) in [7, 11) is 3.56. The lowest BCUT2D eigenvalue weighted by atomic mass is 10.5. The van der Waals surface area contributed by atoms with Crippen molar-refractivity contribution in [3.8, 4) is 0 Å². The van der Waals surface area contributed by atoms with E-state index in [0.29, 0.717) is 11.4 Å². The highest BCUT2D eigenvalue weighted by atomic mass is 16.2. The Morgan fingerprint density at radius 2 is 1.50 bits per heavy atom. The first-order valence-electron chi connectivity index (χ1n) is 4.69. The number of anilines is 2. The van der Waals surface area contributed by atoms with Crippen LogP contribution in [0, 0.1) is 0 Å². The molecular formula is C9H12N6O. The molecular weight excluding hydrogens is 208 g/mol. The van der Waals surface area contributed by atoms with Crippen LogP contribution in [-0.4, -0.2) is 25.6 Å². The minimum Gasteiger partial charge on any atom is -0.305 e. The summed E-state index contributed by atoms with van der Waals surface area (Å²) in [6.07, 6.45) is 6.57. The highest BCUT2D eigenvalue weighted by Crippen LogP contribution is 2.06. The van der Waals surface area contributed by atoms with Gasteiger partial charge in [0.15, 0.2) is 0 Å². The van der Waals surface area contributed by atoms with Crippen LogP contribution in [0.15, 0.2) is 24.8 Å². The zero-order valence-corrected chi connectivity index (χ0v) is 9.01. The second-order valence-electron chi connectivity index (χ2n) is 3.38. The second kappa shape index (κ2) is 4.05. The normalized spacial score (nSPS) is 10.1. The van der Waals surface area contributed by atoms with Crippen LogP contribution in [0.1, 0.15) is 0 Å². The Bertz CT molecular complexity index is 455. The van der Waals surface area contributed by atoms with E-state index in [1.54, 1.807) is 48.2 Å². The van der Waals surface area contributed by atoms with Crippen molar-refractivity contribution in [1.82, 2.24) is 19.6 Å². The van der Waals surface area contributed by atoms with E-state index in [-0.39, 0.29) is 6.03 Å². The van der Waals surface area contributed by atoms with Crippen molar-refractivity contribution in [2.24, 2.45) is 14.1 Å². The smallest absolute Gasteiger partial charge is 0.305 e. The third-order valence-electron chi connectivity index (χ3n) is 1.93. The molecule has 0 saturated carbocycles. The molecule has 0 aliphatic heterocycles. The molecule has 0 unspecified atom stereocenters. The first kappa shape index (κ1) is 10.2. The molecule has 2 aromatic heterocycles. The molecule has 0 spiro atoms. The molecule has 0 aliphatic carbocycles. The molecule has 2 heterocycles. The highest BCUT2D eigenvalue weighted by molar-refractivity contribution is 5.99. The quantitative estimate of drug-likeness (QED) is 0.785. The summed E-state index contributed by atoms with van der Waals surface area (Å²) >= 11 is 0. The zero-order valence-electron chi connectivity index (χ0n) is 9.01. The average Bonchev–Trinajstić information content (AvgIpc) is 2.76. The summed E-state index contributed by atoms with van der Waals surface area (Å²) in [6.45, 7) is 0. The number of hydrogen-bond acceptors (Lipinski definition) is 3. The lowest BCUT2D eigenvalue weighted by molar-refractivity contribution is 0.262. The summed E-state index contributed by atoms with van der Waals surface area (Å²) < 4.78 is 3.22. The highest BCUT2D eigenvalue weighted by Gasteiger charge is 2.04. The summed E-state index contributed by atoms with van der Waals surface area (Å²) in [4.78, 5) is 11.5. The van der Waals surface area contributed by atoms with Gasteiger partial charge in [0, 0.05) is 26.5 Å². The molecule has 0 aliphatic rings. The van der Waals surface area contributed by atoms with Crippen LogP contribution >= 0.6 is 0 Å². The Hall–Kier alpha value is -2.31. The van der Waals surface area contributed by atoms with Gasteiger partial charge in [-0.05, 0) is 0 Å². The van der Waals surface area contributed by atoms with E-state index in [0.717, 1.165) is 0 Å². The first-order chi connectivity index (χ1) is 7.63. The zero-order chi connectivity index (χ0) is 11.5. The predicted molar refractivity (Wildman–Crippen MR) is 59.1 cm³/mol. The van der Waals surface area contributed by atoms with E-state index in [4.69, 9.17) is 0 Å². The Balaban J connectivity index is 1.94. The van der Waals surface area contributed by atoms with Gasteiger partial charge in [-0.1, -0.05) is 0 Å². The molecule has 0 aromatic carbocycles. The van der Waals surface area contributed by atoms with E-state index < -0.39 is 0 Å². The number of amides is 2. The maximum atomic E-state index is 11.5. The van der Waals surface area contributed by atoms with Gasteiger partial charge in [-0.2, -0.15) is 10.2 Å². The maximum Gasteiger partial charge on any atom is 0.323 e. The number of nitrogens with zero attached hydrogens (tertiary/aromatic N) is 4. The van der Waals surface area contributed by atoms with Gasteiger partial charge >= 0.3 is 6.03 Å².